The van der Waals surface area contributed by atoms with Gasteiger partial charge in [0.25, 0.3) is 0 Å². The Bertz CT molecular complexity index is 471. The van der Waals surface area contributed by atoms with Crippen LogP contribution in [0.1, 0.15) is 32.0 Å². The Morgan fingerprint density at radius 1 is 1.50 bits per heavy atom. The Kier molecular flexibility index (Phi) is 3.02. The van der Waals surface area contributed by atoms with Crippen molar-refractivity contribution < 1.29 is 9.90 Å². The van der Waals surface area contributed by atoms with Crippen molar-refractivity contribution in [2.24, 2.45) is 0 Å². The fourth-order valence-corrected chi connectivity index (χ4v) is 1.49. The second-order valence-corrected chi connectivity index (χ2v) is 4.60. The number of hydrogen-bond donors (Lipinski definition) is 3. The van der Waals surface area contributed by atoms with Gasteiger partial charge in [0.1, 0.15) is 5.82 Å². The molecule has 0 amide bonds. The van der Waals surface area contributed by atoms with Crippen LogP contribution in [0.5, 0.6) is 0 Å². The summed E-state index contributed by atoms with van der Waals surface area (Å²) in [5.41, 5.74) is 5.52. The van der Waals surface area contributed by atoms with E-state index in [0.717, 1.165) is 0 Å². The first-order valence-corrected chi connectivity index (χ1v) is 4.82. The third-order valence-electron chi connectivity index (χ3n) is 2.14. The largest absolute Gasteiger partial charge is 0.481 e. The van der Waals surface area contributed by atoms with Crippen LogP contribution in [-0.2, 0) is 16.6 Å². The third-order valence-corrected chi connectivity index (χ3v) is 2.14. The number of aliphatic carboxylic acids is 1. The zero-order chi connectivity index (χ0) is 12.5. The summed E-state index contributed by atoms with van der Waals surface area (Å²) in [5.74, 6) is -1.03. The molecule has 0 radical (unpaired) electrons. The Balaban J connectivity index is 3.44. The first kappa shape index (κ1) is 12.2. The molecule has 0 bridgehead atoms. The van der Waals surface area contributed by atoms with E-state index in [1.807, 2.05) is 20.8 Å². The van der Waals surface area contributed by atoms with Crippen LogP contribution in [0.2, 0.25) is 0 Å². The van der Waals surface area contributed by atoms with E-state index >= 15 is 0 Å². The van der Waals surface area contributed by atoms with Crippen molar-refractivity contribution in [1.82, 2.24) is 9.97 Å². The first-order chi connectivity index (χ1) is 7.21. The van der Waals surface area contributed by atoms with Gasteiger partial charge in [-0.1, -0.05) is 20.8 Å². The smallest absolute Gasteiger partial charge is 0.347 e. The summed E-state index contributed by atoms with van der Waals surface area (Å²) in [6, 6.07) is 0. The van der Waals surface area contributed by atoms with Crippen LogP contribution in [0.4, 0.5) is 5.82 Å². The minimum atomic E-state index is -1.01. The van der Waals surface area contributed by atoms with Gasteiger partial charge in [-0.25, -0.2) is 4.79 Å². The molecule has 1 heterocycles. The second kappa shape index (κ2) is 3.96. The van der Waals surface area contributed by atoms with E-state index in [1.165, 1.54) is 0 Å². The van der Waals surface area contributed by atoms with Crippen molar-refractivity contribution in [2.45, 2.75) is 32.6 Å². The van der Waals surface area contributed by atoms with Crippen LogP contribution in [0.3, 0.4) is 0 Å². The Morgan fingerprint density at radius 2 is 2.06 bits per heavy atom. The van der Waals surface area contributed by atoms with Gasteiger partial charge in [0.05, 0.1) is 6.42 Å². The number of nitrogen functional groups attached to an aromatic ring is 1. The van der Waals surface area contributed by atoms with E-state index in [9.17, 15) is 9.59 Å². The lowest BCUT2D eigenvalue weighted by Crippen LogP contribution is -2.27. The number of anilines is 1. The number of aromatic amines is 1. The van der Waals surface area contributed by atoms with Crippen molar-refractivity contribution >= 4 is 11.8 Å². The van der Waals surface area contributed by atoms with Gasteiger partial charge >= 0.3 is 11.7 Å². The lowest BCUT2D eigenvalue weighted by Gasteiger charge is -2.22. The zero-order valence-electron chi connectivity index (χ0n) is 9.50. The zero-order valence-corrected chi connectivity index (χ0v) is 9.50. The summed E-state index contributed by atoms with van der Waals surface area (Å²) in [5, 5.41) is 8.78. The van der Waals surface area contributed by atoms with Gasteiger partial charge in [-0.15, -0.1) is 0 Å². The number of aromatic nitrogens is 2. The van der Waals surface area contributed by atoms with Crippen LogP contribution < -0.4 is 11.4 Å². The molecule has 6 nitrogen and oxygen atoms in total. The molecule has 0 saturated heterocycles. The number of nitrogens with zero attached hydrogens (tertiary/aromatic N) is 1. The minimum Gasteiger partial charge on any atom is -0.481 e. The summed E-state index contributed by atoms with van der Waals surface area (Å²) in [6.45, 7) is 5.59. The molecule has 0 spiro atoms. The Hall–Kier alpha value is -1.85. The number of nitrogens with one attached hydrogen (secondary N) is 1. The summed E-state index contributed by atoms with van der Waals surface area (Å²) >= 11 is 0. The maximum absolute atomic E-state index is 11.2. The fourth-order valence-electron chi connectivity index (χ4n) is 1.49. The topological polar surface area (TPSA) is 109 Å². The first-order valence-electron chi connectivity index (χ1n) is 4.82. The number of nitrogens with two attached hydrogens (primary N) is 1. The second-order valence-electron chi connectivity index (χ2n) is 4.60. The Morgan fingerprint density at radius 3 is 2.50 bits per heavy atom. The SMILES string of the molecule is CC(C)(C)c1[nH]c(=O)nc(N)c1CC(=O)O. The van der Waals surface area contributed by atoms with Crippen molar-refractivity contribution in [3.05, 3.63) is 21.7 Å². The molecule has 0 unspecified atom stereocenters. The molecule has 0 aliphatic carbocycles. The maximum Gasteiger partial charge on any atom is 0.347 e. The number of carbonyl (C=O) groups is 1. The van der Waals surface area contributed by atoms with Crippen molar-refractivity contribution in [3.8, 4) is 0 Å². The molecule has 1 aromatic heterocycles. The summed E-state index contributed by atoms with van der Waals surface area (Å²) < 4.78 is 0. The normalized spacial score (nSPS) is 11.4. The molecule has 0 aromatic carbocycles. The van der Waals surface area contributed by atoms with Gasteiger partial charge in [0.15, 0.2) is 0 Å². The van der Waals surface area contributed by atoms with E-state index in [-0.39, 0.29) is 17.7 Å². The molecule has 4 N–H and O–H groups in total. The summed E-state index contributed by atoms with van der Waals surface area (Å²) in [4.78, 5) is 28.0. The molecular formula is C10H15N3O3. The highest BCUT2D eigenvalue weighted by atomic mass is 16.4. The number of rotatable bonds is 2. The van der Waals surface area contributed by atoms with Gasteiger partial charge in [-0.2, -0.15) is 4.98 Å². The van der Waals surface area contributed by atoms with Crippen molar-refractivity contribution in [2.75, 3.05) is 5.73 Å². The predicted molar refractivity (Wildman–Crippen MR) is 59.3 cm³/mol. The highest BCUT2D eigenvalue weighted by Gasteiger charge is 2.23. The average molecular weight is 225 g/mol. The van der Waals surface area contributed by atoms with E-state index in [2.05, 4.69) is 9.97 Å². The molecule has 0 fully saturated rings. The van der Waals surface area contributed by atoms with Gasteiger partial charge < -0.3 is 15.8 Å². The van der Waals surface area contributed by atoms with Gasteiger partial charge in [0, 0.05) is 16.7 Å². The van der Waals surface area contributed by atoms with E-state index < -0.39 is 11.7 Å². The number of hydrogen-bond acceptors (Lipinski definition) is 4. The maximum atomic E-state index is 11.2. The molecule has 0 aliphatic rings. The summed E-state index contributed by atoms with van der Waals surface area (Å²) in [7, 11) is 0. The number of H-pyrrole nitrogens is 1. The van der Waals surface area contributed by atoms with Crippen LogP contribution in [-0.4, -0.2) is 21.0 Å². The molecular weight excluding hydrogens is 210 g/mol. The van der Waals surface area contributed by atoms with Gasteiger partial charge in [-0.3, -0.25) is 4.79 Å². The molecule has 0 atom stereocenters. The lowest BCUT2D eigenvalue weighted by molar-refractivity contribution is -0.136. The molecule has 1 rings (SSSR count). The van der Waals surface area contributed by atoms with Crippen LogP contribution in [0.15, 0.2) is 4.79 Å². The van der Waals surface area contributed by atoms with Crippen LogP contribution in [0, 0.1) is 0 Å². The predicted octanol–water partition coefficient (Wildman–Crippen LogP) is 0.277. The minimum absolute atomic E-state index is 0.0175. The number of carboxylic acid groups (broad SMARTS) is 1. The van der Waals surface area contributed by atoms with Gasteiger partial charge in [-0.05, 0) is 0 Å². The molecule has 88 valence electrons. The highest BCUT2D eigenvalue weighted by Crippen LogP contribution is 2.25. The van der Waals surface area contributed by atoms with Crippen molar-refractivity contribution in [1.29, 1.82) is 0 Å². The molecule has 1 aromatic rings. The standard InChI is InChI=1S/C10H15N3O3/c1-10(2,3)7-5(4-6(14)15)8(11)13-9(16)12-7/h4H2,1-3H3,(H,14,15)(H3,11,12,13,16). The lowest BCUT2D eigenvalue weighted by atomic mass is 9.87. The molecule has 0 aliphatic heterocycles. The summed E-state index contributed by atoms with van der Waals surface area (Å²) in [6.07, 6.45) is -0.248. The quantitative estimate of drug-likeness (QED) is 0.669. The molecule has 16 heavy (non-hydrogen) atoms. The molecule has 6 heteroatoms. The van der Waals surface area contributed by atoms with Gasteiger partial charge in [0.2, 0.25) is 0 Å². The Labute approximate surface area is 92.5 Å². The number of carboxylic acids is 1. The van der Waals surface area contributed by atoms with Crippen LogP contribution in [0.25, 0.3) is 0 Å². The van der Waals surface area contributed by atoms with Crippen molar-refractivity contribution in [3.63, 3.8) is 0 Å². The average Bonchev–Trinajstić information content (AvgIpc) is 2.06. The van der Waals surface area contributed by atoms with E-state index in [4.69, 9.17) is 10.8 Å². The fraction of sp³-hybridized carbons (Fsp3) is 0.500. The highest BCUT2D eigenvalue weighted by molar-refractivity contribution is 5.72. The van der Waals surface area contributed by atoms with E-state index in [0.29, 0.717) is 11.3 Å². The van der Waals surface area contributed by atoms with E-state index in [1.54, 1.807) is 0 Å². The third kappa shape index (κ3) is 2.59. The molecule has 0 saturated carbocycles. The monoisotopic (exact) mass is 225 g/mol. The van der Waals surface area contributed by atoms with Crippen LogP contribution >= 0.6 is 0 Å².